The standard InChI is InChI=1S/C19H25N2O2.CO2.Na/c1-12(2)9-17(22)19(4,5)11-23-16-8-6-7-15-18(16)14(20)10-13(3)21-15;2-1-3;/h6-8,12H,9,11H2,1-5H3,(H2,20,21);;/q-1;;+1. The van der Waals surface area contributed by atoms with Crippen LogP contribution in [0.4, 0.5) is 5.69 Å². The van der Waals surface area contributed by atoms with Crippen LogP contribution in [-0.4, -0.2) is 23.5 Å². The van der Waals surface area contributed by atoms with E-state index in [1.54, 1.807) is 0 Å². The molecule has 1 heterocycles. The third kappa shape index (κ3) is 7.43. The quantitative estimate of drug-likeness (QED) is 0.574. The van der Waals surface area contributed by atoms with E-state index >= 15 is 0 Å². The molecule has 0 aliphatic rings. The monoisotopic (exact) mass is 380 g/mol. The van der Waals surface area contributed by atoms with Gasteiger partial charge in [-0.1, -0.05) is 37.1 Å². The van der Waals surface area contributed by atoms with E-state index in [4.69, 9.17) is 20.1 Å². The molecule has 0 saturated carbocycles. The third-order valence-corrected chi connectivity index (χ3v) is 3.81. The summed E-state index contributed by atoms with van der Waals surface area (Å²) in [4.78, 5) is 33.0. The molecule has 0 bridgehead atoms. The number of nitrogen functional groups attached to an aromatic ring is 1. The fourth-order valence-electron chi connectivity index (χ4n) is 2.46. The van der Waals surface area contributed by atoms with Crippen LogP contribution in [0.15, 0.2) is 18.2 Å². The van der Waals surface area contributed by atoms with Crippen molar-refractivity contribution in [3.8, 4) is 5.75 Å². The molecule has 0 aliphatic carbocycles. The number of fused-ring (bicyclic) bond motifs is 1. The summed E-state index contributed by atoms with van der Waals surface area (Å²) in [7, 11) is 0. The number of Topliss-reactive ketones (excluding diaryl/α,β-unsaturated/α-hetero) is 1. The number of rotatable bonds is 6. The molecule has 140 valence electrons. The van der Waals surface area contributed by atoms with Gasteiger partial charge in [-0.25, -0.2) is 6.07 Å². The fourth-order valence-corrected chi connectivity index (χ4v) is 2.46. The van der Waals surface area contributed by atoms with Crippen LogP contribution in [0.5, 0.6) is 5.75 Å². The molecule has 1 aromatic heterocycles. The van der Waals surface area contributed by atoms with Gasteiger partial charge in [-0.2, -0.15) is 9.59 Å². The van der Waals surface area contributed by atoms with Crippen molar-refractivity contribution in [3.05, 3.63) is 30.0 Å². The fraction of sp³-hybridized carbons (Fsp3) is 0.450. The minimum absolute atomic E-state index is 0. The Morgan fingerprint density at radius 2 is 1.93 bits per heavy atom. The molecule has 0 spiro atoms. The second kappa shape index (κ2) is 11.2. The van der Waals surface area contributed by atoms with Gasteiger partial charge < -0.3 is 10.5 Å². The van der Waals surface area contributed by atoms with Crippen molar-refractivity contribution in [3.63, 3.8) is 0 Å². The van der Waals surface area contributed by atoms with Crippen molar-refractivity contribution in [2.45, 2.75) is 41.0 Å². The summed E-state index contributed by atoms with van der Waals surface area (Å²) >= 11 is 0. The Bertz CT molecular complexity index is 813. The molecule has 0 amide bonds. The average Bonchev–Trinajstić information content (AvgIpc) is 2.52. The first-order chi connectivity index (χ1) is 12.1. The van der Waals surface area contributed by atoms with Gasteiger partial charge in [0.25, 0.3) is 0 Å². The van der Waals surface area contributed by atoms with Crippen LogP contribution in [0.1, 0.15) is 39.8 Å². The van der Waals surface area contributed by atoms with Crippen molar-refractivity contribution in [2.75, 3.05) is 12.3 Å². The number of carbonyl (C=O) groups excluding carboxylic acids is 3. The maximum atomic E-state index is 12.3. The van der Waals surface area contributed by atoms with Crippen molar-refractivity contribution in [1.29, 1.82) is 0 Å². The SMILES string of the molecule is Cc1[c-]c(N)c2c(OCC(C)(C)C(=O)CC(C)C)cccc2n1.O=C=O.[Na+]. The Balaban J connectivity index is 0.00000158. The number of anilines is 1. The zero-order valence-electron chi connectivity index (χ0n) is 16.9. The Labute approximate surface area is 182 Å². The molecule has 2 rings (SSSR count). The van der Waals surface area contributed by atoms with E-state index in [1.807, 2.05) is 52.8 Å². The summed E-state index contributed by atoms with van der Waals surface area (Å²) in [6.07, 6.45) is 0.808. The molecule has 27 heavy (non-hydrogen) atoms. The minimum Gasteiger partial charge on any atom is -0.511 e. The van der Waals surface area contributed by atoms with E-state index in [0.29, 0.717) is 30.4 Å². The first-order valence-electron chi connectivity index (χ1n) is 8.36. The first-order valence-corrected chi connectivity index (χ1v) is 8.36. The third-order valence-electron chi connectivity index (χ3n) is 3.81. The predicted molar refractivity (Wildman–Crippen MR) is 98.5 cm³/mol. The van der Waals surface area contributed by atoms with Crippen molar-refractivity contribution < 1.29 is 48.7 Å². The number of benzene rings is 1. The van der Waals surface area contributed by atoms with Crippen LogP contribution in [0, 0.1) is 24.3 Å². The van der Waals surface area contributed by atoms with Gasteiger partial charge in [-0.3, -0.25) is 9.78 Å². The molecule has 2 aromatic rings. The zero-order valence-corrected chi connectivity index (χ0v) is 18.9. The molecule has 2 N–H and O–H groups in total. The van der Waals surface area contributed by atoms with Crippen LogP contribution >= 0.6 is 0 Å². The van der Waals surface area contributed by atoms with Crippen LogP contribution in [0.2, 0.25) is 0 Å². The first kappa shape index (κ1) is 25.3. The number of ether oxygens (including phenoxy) is 1. The number of hydrogen-bond donors (Lipinski definition) is 1. The summed E-state index contributed by atoms with van der Waals surface area (Å²) in [6.45, 7) is 10.1. The average molecular weight is 380 g/mol. The minimum atomic E-state index is -0.539. The molecular weight excluding hydrogens is 355 g/mol. The summed E-state index contributed by atoms with van der Waals surface area (Å²) in [5.41, 5.74) is 7.59. The largest absolute Gasteiger partial charge is 1.00 e. The number of aromatic nitrogens is 1. The molecular formula is C20H25N2NaO4. The van der Waals surface area contributed by atoms with Gasteiger partial charge in [0, 0.05) is 6.42 Å². The normalized spacial score (nSPS) is 10.4. The predicted octanol–water partition coefficient (Wildman–Crippen LogP) is 0.366. The summed E-state index contributed by atoms with van der Waals surface area (Å²) in [6, 6.07) is 8.65. The van der Waals surface area contributed by atoms with E-state index in [-0.39, 0.29) is 41.5 Å². The Morgan fingerprint density at radius 3 is 2.48 bits per heavy atom. The molecule has 0 atom stereocenters. The summed E-state index contributed by atoms with van der Waals surface area (Å²) < 4.78 is 5.95. The maximum absolute atomic E-state index is 12.3. The van der Waals surface area contributed by atoms with Gasteiger partial charge in [0.15, 0.2) is 0 Å². The van der Waals surface area contributed by atoms with Gasteiger partial charge >= 0.3 is 35.7 Å². The number of nitrogens with two attached hydrogens (primary N) is 1. The maximum Gasteiger partial charge on any atom is 1.00 e. The van der Waals surface area contributed by atoms with E-state index in [9.17, 15) is 4.79 Å². The molecule has 0 saturated heterocycles. The number of nitrogens with zero attached hydrogens (tertiary/aromatic N) is 1. The molecule has 1 aromatic carbocycles. The molecule has 0 fully saturated rings. The zero-order chi connectivity index (χ0) is 19.9. The van der Waals surface area contributed by atoms with Crippen LogP contribution < -0.4 is 40.0 Å². The van der Waals surface area contributed by atoms with Gasteiger partial charge in [0.2, 0.25) is 0 Å². The number of hydrogen-bond acceptors (Lipinski definition) is 6. The smallest absolute Gasteiger partial charge is 0.511 e. The number of pyridine rings is 1. The van der Waals surface area contributed by atoms with Gasteiger partial charge in [0.1, 0.15) is 5.78 Å². The topological polar surface area (TPSA) is 99.3 Å². The number of ketones is 1. The van der Waals surface area contributed by atoms with Gasteiger partial charge in [-0.05, 0) is 38.3 Å². The molecule has 0 aliphatic heterocycles. The summed E-state index contributed by atoms with van der Waals surface area (Å²) in [5.74, 6) is 1.20. The van der Waals surface area contributed by atoms with Crippen LogP contribution in [-0.2, 0) is 14.4 Å². The van der Waals surface area contributed by atoms with E-state index in [2.05, 4.69) is 11.1 Å². The Hall–Kier alpha value is -1.72. The molecule has 7 heteroatoms. The molecule has 6 nitrogen and oxygen atoms in total. The van der Waals surface area contributed by atoms with E-state index in [1.165, 1.54) is 0 Å². The van der Waals surface area contributed by atoms with Crippen LogP contribution in [0.3, 0.4) is 0 Å². The van der Waals surface area contributed by atoms with Crippen molar-refractivity contribution >= 4 is 28.5 Å². The second-order valence-electron chi connectivity index (χ2n) is 7.16. The van der Waals surface area contributed by atoms with E-state index in [0.717, 1.165) is 16.6 Å². The van der Waals surface area contributed by atoms with Gasteiger partial charge in [-0.15, -0.1) is 5.69 Å². The van der Waals surface area contributed by atoms with Gasteiger partial charge in [0.05, 0.1) is 17.8 Å². The Kier molecular flexibility index (Phi) is 10.5. The molecule has 0 unspecified atom stereocenters. The summed E-state index contributed by atoms with van der Waals surface area (Å²) in [5, 5.41) is 0.755. The second-order valence-corrected chi connectivity index (χ2v) is 7.16. The molecule has 0 radical (unpaired) electrons. The van der Waals surface area contributed by atoms with E-state index < -0.39 is 5.41 Å². The number of aryl methyl sites for hydroxylation is 1. The Morgan fingerprint density at radius 1 is 1.33 bits per heavy atom. The van der Waals surface area contributed by atoms with Crippen LogP contribution in [0.25, 0.3) is 10.9 Å². The number of carbonyl (C=O) groups is 1. The van der Waals surface area contributed by atoms with Crippen molar-refractivity contribution in [1.82, 2.24) is 4.98 Å². The van der Waals surface area contributed by atoms with Crippen molar-refractivity contribution in [2.24, 2.45) is 11.3 Å².